The maximum Gasteiger partial charge on any atom is 0.317 e. The molecule has 0 bridgehead atoms. The third kappa shape index (κ3) is 6.40. The number of hydrogen-bond acceptors (Lipinski definition) is 4. The van der Waals surface area contributed by atoms with E-state index in [9.17, 15) is 14.0 Å². The molecular formula is C26H34FN3O4. The molecule has 2 atom stereocenters. The normalized spacial score (nSPS) is 17.7. The van der Waals surface area contributed by atoms with Gasteiger partial charge in [-0.1, -0.05) is 37.6 Å². The Morgan fingerprint density at radius 3 is 2.53 bits per heavy atom. The first-order chi connectivity index (χ1) is 16.5. The highest BCUT2D eigenvalue weighted by atomic mass is 19.1. The number of urea groups is 1. The van der Waals surface area contributed by atoms with Crippen LogP contribution in [0.4, 0.5) is 9.18 Å². The van der Waals surface area contributed by atoms with Crippen LogP contribution in [-0.2, 0) is 11.3 Å². The van der Waals surface area contributed by atoms with E-state index in [1.54, 1.807) is 37.3 Å². The van der Waals surface area contributed by atoms with Crippen LogP contribution in [0.3, 0.4) is 0 Å². The number of methoxy groups -OCH3 is 2. The molecule has 34 heavy (non-hydrogen) atoms. The van der Waals surface area contributed by atoms with E-state index < -0.39 is 5.92 Å². The summed E-state index contributed by atoms with van der Waals surface area (Å²) in [6.45, 7) is 3.56. The molecule has 1 aliphatic rings. The molecule has 3 amide bonds. The zero-order chi connectivity index (χ0) is 24.5. The lowest BCUT2D eigenvalue weighted by Gasteiger charge is -2.37. The van der Waals surface area contributed by atoms with E-state index >= 15 is 0 Å². The number of nitrogens with zero attached hydrogens (tertiary/aromatic N) is 1. The molecule has 0 saturated carbocycles. The van der Waals surface area contributed by atoms with Crippen LogP contribution in [0.1, 0.15) is 43.2 Å². The van der Waals surface area contributed by atoms with Crippen LogP contribution in [0.25, 0.3) is 0 Å². The number of carbonyl (C=O) groups excluding carboxylic acids is 2. The Kier molecular flexibility index (Phi) is 9.13. The molecule has 184 valence electrons. The molecule has 0 aliphatic carbocycles. The summed E-state index contributed by atoms with van der Waals surface area (Å²) in [6, 6.07) is 11.9. The Labute approximate surface area is 200 Å². The van der Waals surface area contributed by atoms with Gasteiger partial charge in [-0.2, -0.15) is 0 Å². The molecule has 2 aromatic rings. The number of carbonyl (C=O) groups is 2. The van der Waals surface area contributed by atoms with Gasteiger partial charge in [0, 0.05) is 37.7 Å². The van der Waals surface area contributed by atoms with Gasteiger partial charge in [-0.3, -0.25) is 4.79 Å². The molecule has 2 unspecified atom stereocenters. The quantitative estimate of drug-likeness (QED) is 0.541. The Hall–Kier alpha value is -3.29. The van der Waals surface area contributed by atoms with Crippen LogP contribution in [0.5, 0.6) is 11.5 Å². The molecule has 1 aliphatic heterocycles. The summed E-state index contributed by atoms with van der Waals surface area (Å²) in [6.07, 6.45) is 2.44. The van der Waals surface area contributed by atoms with E-state index in [2.05, 4.69) is 17.6 Å². The lowest BCUT2D eigenvalue weighted by molar-refractivity contribution is -0.126. The lowest BCUT2D eigenvalue weighted by Crippen LogP contribution is -2.51. The van der Waals surface area contributed by atoms with Crippen LogP contribution in [0, 0.1) is 11.7 Å². The molecule has 3 rings (SSSR count). The van der Waals surface area contributed by atoms with E-state index in [4.69, 9.17) is 9.47 Å². The lowest BCUT2D eigenvalue weighted by atomic mass is 9.84. The molecule has 0 spiro atoms. The zero-order valence-electron chi connectivity index (χ0n) is 20.1. The minimum atomic E-state index is -0.421. The number of hydrogen-bond donors (Lipinski definition) is 2. The van der Waals surface area contributed by atoms with Crippen molar-refractivity contribution in [1.82, 2.24) is 15.5 Å². The molecule has 2 aromatic carbocycles. The predicted molar refractivity (Wildman–Crippen MR) is 129 cm³/mol. The van der Waals surface area contributed by atoms with Crippen molar-refractivity contribution in [3.63, 3.8) is 0 Å². The minimum absolute atomic E-state index is 0.0605. The third-order valence-electron chi connectivity index (χ3n) is 6.21. The highest BCUT2D eigenvalue weighted by Crippen LogP contribution is 2.36. The van der Waals surface area contributed by atoms with Gasteiger partial charge in [-0.25, -0.2) is 9.18 Å². The molecule has 7 nitrogen and oxygen atoms in total. The van der Waals surface area contributed by atoms with Crippen molar-refractivity contribution in [3.8, 4) is 11.5 Å². The monoisotopic (exact) mass is 471 g/mol. The van der Waals surface area contributed by atoms with Gasteiger partial charge in [0.2, 0.25) is 5.91 Å². The number of nitrogens with one attached hydrogen (secondary N) is 2. The molecule has 1 heterocycles. The van der Waals surface area contributed by atoms with E-state index in [-0.39, 0.29) is 30.2 Å². The van der Waals surface area contributed by atoms with Gasteiger partial charge in [-0.15, -0.1) is 0 Å². The van der Waals surface area contributed by atoms with Gasteiger partial charge in [0.25, 0.3) is 0 Å². The number of unbranched alkanes of at least 4 members (excludes halogenated alkanes) is 1. The Morgan fingerprint density at radius 2 is 1.82 bits per heavy atom. The van der Waals surface area contributed by atoms with Crippen molar-refractivity contribution in [2.24, 2.45) is 5.92 Å². The van der Waals surface area contributed by atoms with Crippen molar-refractivity contribution >= 4 is 11.9 Å². The van der Waals surface area contributed by atoms with Gasteiger partial charge in [-0.05, 0) is 36.6 Å². The average molecular weight is 472 g/mol. The molecule has 0 aromatic heterocycles. The second kappa shape index (κ2) is 12.3. The summed E-state index contributed by atoms with van der Waals surface area (Å²) in [7, 11) is 3.16. The summed E-state index contributed by atoms with van der Waals surface area (Å²) in [5.74, 6) is 0.192. The second-order valence-electron chi connectivity index (χ2n) is 8.54. The zero-order valence-corrected chi connectivity index (χ0v) is 20.1. The fraction of sp³-hybridized carbons (Fsp3) is 0.462. The number of benzene rings is 2. The number of rotatable bonds is 9. The minimum Gasteiger partial charge on any atom is -0.493 e. The van der Waals surface area contributed by atoms with Gasteiger partial charge < -0.3 is 25.0 Å². The Balaban J connectivity index is 1.77. The van der Waals surface area contributed by atoms with Crippen LogP contribution in [-0.4, -0.2) is 50.7 Å². The van der Waals surface area contributed by atoms with Gasteiger partial charge >= 0.3 is 6.03 Å². The number of piperidine rings is 1. The van der Waals surface area contributed by atoms with E-state index in [0.29, 0.717) is 43.1 Å². The third-order valence-corrected chi connectivity index (χ3v) is 6.21. The van der Waals surface area contributed by atoms with Crippen molar-refractivity contribution < 1.29 is 23.5 Å². The number of likely N-dealkylation sites (tertiary alicyclic amines) is 1. The standard InChI is InChI=1S/C26H34FN3O4/c1-4-5-12-28-26(32)30-16-20(18-10-11-23(33-2)24(14-18)34-3)13-21(17-30)25(31)29-15-19-8-6-7-9-22(19)27/h6-11,14,20-21H,4-5,12-13,15-17H2,1-3H3,(H,28,32)(H,29,31). The fourth-order valence-corrected chi connectivity index (χ4v) is 4.26. The summed E-state index contributed by atoms with van der Waals surface area (Å²) < 4.78 is 24.8. The van der Waals surface area contributed by atoms with Gasteiger partial charge in [0.1, 0.15) is 5.82 Å². The van der Waals surface area contributed by atoms with Crippen LogP contribution in [0.2, 0.25) is 0 Å². The maximum absolute atomic E-state index is 14.0. The summed E-state index contributed by atoms with van der Waals surface area (Å²) in [4.78, 5) is 27.6. The summed E-state index contributed by atoms with van der Waals surface area (Å²) in [5, 5.41) is 5.80. The molecular weight excluding hydrogens is 437 g/mol. The predicted octanol–water partition coefficient (Wildman–Crippen LogP) is 4.07. The second-order valence-corrected chi connectivity index (χ2v) is 8.54. The number of ether oxygens (including phenoxy) is 2. The summed E-state index contributed by atoms with van der Waals surface area (Å²) >= 11 is 0. The van der Waals surface area contributed by atoms with E-state index in [0.717, 1.165) is 18.4 Å². The van der Waals surface area contributed by atoms with Crippen molar-refractivity contribution in [1.29, 1.82) is 0 Å². The van der Waals surface area contributed by atoms with Crippen molar-refractivity contribution in [2.75, 3.05) is 33.9 Å². The Bertz CT molecular complexity index is 984. The largest absolute Gasteiger partial charge is 0.493 e. The molecule has 1 saturated heterocycles. The van der Waals surface area contributed by atoms with Crippen molar-refractivity contribution in [2.45, 2.75) is 38.6 Å². The number of halogens is 1. The first kappa shape index (κ1) is 25.3. The van der Waals surface area contributed by atoms with Gasteiger partial charge in [0.05, 0.1) is 20.1 Å². The molecule has 0 radical (unpaired) electrons. The molecule has 8 heteroatoms. The smallest absolute Gasteiger partial charge is 0.317 e. The number of amides is 3. The van der Waals surface area contributed by atoms with Crippen LogP contribution < -0.4 is 20.1 Å². The van der Waals surface area contributed by atoms with Crippen LogP contribution in [0.15, 0.2) is 42.5 Å². The first-order valence-electron chi connectivity index (χ1n) is 11.7. The Morgan fingerprint density at radius 1 is 1.06 bits per heavy atom. The van der Waals surface area contributed by atoms with Crippen LogP contribution >= 0.6 is 0 Å². The summed E-state index contributed by atoms with van der Waals surface area (Å²) in [5.41, 5.74) is 1.40. The van der Waals surface area contributed by atoms with E-state index in [1.807, 2.05) is 18.2 Å². The highest BCUT2D eigenvalue weighted by molar-refractivity contribution is 5.81. The molecule has 2 N–H and O–H groups in total. The maximum atomic E-state index is 14.0. The SMILES string of the molecule is CCCCNC(=O)N1CC(C(=O)NCc2ccccc2F)CC(c2ccc(OC)c(OC)c2)C1. The van der Waals surface area contributed by atoms with Crippen molar-refractivity contribution in [3.05, 3.63) is 59.4 Å². The fourth-order valence-electron chi connectivity index (χ4n) is 4.26. The van der Waals surface area contributed by atoms with Gasteiger partial charge in [0.15, 0.2) is 11.5 Å². The highest BCUT2D eigenvalue weighted by Gasteiger charge is 2.35. The van der Waals surface area contributed by atoms with E-state index in [1.165, 1.54) is 6.07 Å². The molecule has 1 fully saturated rings. The topological polar surface area (TPSA) is 79.9 Å². The first-order valence-corrected chi connectivity index (χ1v) is 11.7. The average Bonchev–Trinajstić information content (AvgIpc) is 2.87.